The average molecular weight is 703 g/mol. The lowest BCUT2D eigenvalue weighted by Gasteiger charge is -2.47. The van der Waals surface area contributed by atoms with E-state index in [9.17, 15) is 9.90 Å². The average Bonchev–Trinajstić information content (AvgIpc) is 3.16. The van der Waals surface area contributed by atoms with E-state index >= 15 is 0 Å². The molecule has 1 aliphatic heterocycles. The minimum Gasteiger partial charge on any atom is -0.450 e. The highest BCUT2D eigenvalue weighted by Crippen LogP contribution is 2.38. The summed E-state index contributed by atoms with van der Waals surface area (Å²) in [6.07, 6.45) is -5.17. The van der Waals surface area contributed by atoms with Crippen LogP contribution in [0.5, 0.6) is 0 Å². The van der Waals surface area contributed by atoms with Crippen LogP contribution in [0.25, 0.3) is 0 Å². The summed E-state index contributed by atoms with van der Waals surface area (Å²) in [6, 6.07) is 49.0. The molecule has 6 rings (SSSR count). The highest BCUT2D eigenvalue weighted by Gasteiger charge is 2.53. The first-order valence-electron chi connectivity index (χ1n) is 17.4. The zero-order valence-electron chi connectivity index (χ0n) is 29.3. The summed E-state index contributed by atoms with van der Waals surface area (Å²) < 4.78 is 33.0. The van der Waals surface area contributed by atoms with Crippen LogP contribution in [0.15, 0.2) is 152 Å². The van der Waals surface area contributed by atoms with Gasteiger partial charge >= 0.3 is 5.97 Å². The SMILES string of the molecule is CC(C)(C)[Si](OC[C@H]1O[C@H](O)[C@H](OC(=O)c2ccccc2)[C@@H](OCc2ccccc2)[C@H]1OCc1ccccc1)(c1ccccc1)c1ccccc1. The molecular formula is C43H46O7Si. The van der Waals surface area contributed by atoms with Crippen molar-refractivity contribution < 1.29 is 33.3 Å². The molecule has 1 saturated heterocycles. The van der Waals surface area contributed by atoms with Crippen molar-refractivity contribution in [2.24, 2.45) is 0 Å². The molecule has 8 heteroatoms. The molecule has 0 unspecified atom stereocenters. The van der Waals surface area contributed by atoms with E-state index in [1.165, 1.54) is 0 Å². The van der Waals surface area contributed by atoms with E-state index in [2.05, 4.69) is 45.0 Å². The molecule has 0 spiro atoms. The van der Waals surface area contributed by atoms with Crippen molar-refractivity contribution in [3.8, 4) is 0 Å². The third-order valence-electron chi connectivity index (χ3n) is 9.31. The van der Waals surface area contributed by atoms with Crippen molar-refractivity contribution in [2.75, 3.05) is 6.61 Å². The lowest BCUT2D eigenvalue weighted by atomic mass is 9.98. The molecule has 5 atom stereocenters. The fraction of sp³-hybridized carbons (Fsp3) is 0.279. The van der Waals surface area contributed by atoms with Crippen molar-refractivity contribution in [1.29, 1.82) is 0 Å². The van der Waals surface area contributed by atoms with Crippen LogP contribution in [0.2, 0.25) is 5.04 Å². The van der Waals surface area contributed by atoms with Gasteiger partial charge in [0.25, 0.3) is 8.32 Å². The number of hydrogen-bond donors (Lipinski definition) is 1. The Bertz CT molecular complexity index is 1740. The first-order valence-corrected chi connectivity index (χ1v) is 19.3. The molecule has 0 bridgehead atoms. The lowest BCUT2D eigenvalue weighted by molar-refractivity contribution is -0.303. The number of carbonyl (C=O) groups is 1. The van der Waals surface area contributed by atoms with Crippen molar-refractivity contribution in [3.63, 3.8) is 0 Å². The van der Waals surface area contributed by atoms with Crippen LogP contribution >= 0.6 is 0 Å². The van der Waals surface area contributed by atoms with Gasteiger partial charge in [0.05, 0.1) is 25.4 Å². The highest BCUT2D eigenvalue weighted by atomic mass is 28.4. The van der Waals surface area contributed by atoms with E-state index in [1.807, 2.05) is 103 Å². The molecule has 0 saturated carbocycles. The number of hydrogen-bond acceptors (Lipinski definition) is 7. The molecule has 0 radical (unpaired) electrons. The van der Waals surface area contributed by atoms with Crippen molar-refractivity contribution in [3.05, 3.63) is 168 Å². The van der Waals surface area contributed by atoms with E-state index in [4.69, 9.17) is 23.4 Å². The molecule has 1 heterocycles. The number of benzene rings is 5. The second kappa shape index (κ2) is 16.7. The first kappa shape index (κ1) is 36.4. The van der Waals surface area contributed by atoms with Crippen LogP contribution in [0.4, 0.5) is 0 Å². The van der Waals surface area contributed by atoms with Gasteiger partial charge in [-0.2, -0.15) is 0 Å². The van der Waals surface area contributed by atoms with Gasteiger partial charge in [-0.3, -0.25) is 0 Å². The third-order valence-corrected chi connectivity index (χ3v) is 14.3. The van der Waals surface area contributed by atoms with Gasteiger partial charge in [-0.25, -0.2) is 4.79 Å². The maximum Gasteiger partial charge on any atom is 0.338 e. The molecule has 1 fully saturated rings. The summed E-state index contributed by atoms with van der Waals surface area (Å²) in [5.74, 6) is -0.597. The summed E-state index contributed by atoms with van der Waals surface area (Å²) in [6.45, 7) is 7.17. The molecule has 0 aliphatic carbocycles. The number of aliphatic hydroxyl groups excluding tert-OH is 1. The Morgan fingerprint density at radius 1 is 0.627 bits per heavy atom. The van der Waals surface area contributed by atoms with Crippen LogP contribution in [0.1, 0.15) is 42.3 Å². The smallest absolute Gasteiger partial charge is 0.338 e. The van der Waals surface area contributed by atoms with E-state index in [1.54, 1.807) is 24.3 Å². The summed E-state index contributed by atoms with van der Waals surface area (Å²) in [5, 5.41) is 13.6. The molecule has 51 heavy (non-hydrogen) atoms. The Hall–Kier alpha value is -4.41. The van der Waals surface area contributed by atoms with Crippen LogP contribution in [-0.4, -0.2) is 56.7 Å². The zero-order chi connectivity index (χ0) is 35.7. The van der Waals surface area contributed by atoms with Gasteiger partial charge in [0.15, 0.2) is 12.4 Å². The highest BCUT2D eigenvalue weighted by molar-refractivity contribution is 6.99. The van der Waals surface area contributed by atoms with E-state index in [0.717, 1.165) is 21.5 Å². The van der Waals surface area contributed by atoms with Crippen molar-refractivity contribution >= 4 is 24.7 Å². The Labute approximate surface area is 301 Å². The van der Waals surface area contributed by atoms with Gasteiger partial charge in [0.2, 0.25) is 0 Å². The first-order chi connectivity index (χ1) is 24.8. The molecule has 1 aliphatic rings. The standard InChI is InChI=1S/C43H46O7Si/c1-43(2,3)51(35-25-15-7-16-26-35,36-27-17-8-18-28-36)48-31-37-38(46-29-32-19-9-4-10-20-32)39(47-30-33-21-11-5-12-22-33)40(42(45)49-37)50-41(44)34-23-13-6-14-24-34/h4-28,37-40,42,45H,29-31H2,1-3H3/t37-,38+,39+,40-,42+/m1/s1. The predicted molar refractivity (Wildman–Crippen MR) is 200 cm³/mol. The van der Waals surface area contributed by atoms with Gasteiger partial charge in [0.1, 0.15) is 18.3 Å². The lowest BCUT2D eigenvalue weighted by Crippen LogP contribution is -2.68. The fourth-order valence-electron chi connectivity index (χ4n) is 6.81. The van der Waals surface area contributed by atoms with Crippen LogP contribution in [0.3, 0.4) is 0 Å². The molecule has 0 amide bonds. The van der Waals surface area contributed by atoms with Crippen LogP contribution in [0, 0.1) is 0 Å². The summed E-state index contributed by atoms with van der Waals surface area (Å²) >= 11 is 0. The quantitative estimate of drug-likeness (QED) is 0.108. The minimum absolute atomic E-state index is 0.0916. The summed E-state index contributed by atoms with van der Waals surface area (Å²) in [4.78, 5) is 13.4. The van der Waals surface area contributed by atoms with E-state index in [-0.39, 0.29) is 24.9 Å². The van der Waals surface area contributed by atoms with Crippen LogP contribution in [-0.2, 0) is 36.6 Å². The summed E-state index contributed by atoms with van der Waals surface area (Å²) in [5.41, 5.74) is 2.23. The van der Waals surface area contributed by atoms with Gasteiger partial charge in [-0.1, -0.05) is 160 Å². The minimum atomic E-state index is -3.00. The molecule has 1 N–H and O–H groups in total. The normalized spacial score (nSPS) is 20.8. The monoisotopic (exact) mass is 702 g/mol. The topological polar surface area (TPSA) is 83.5 Å². The van der Waals surface area contributed by atoms with Crippen molar-refractivity contribution in [2.45, 2.75) is 69.7 Å². The number of carbonyl (C=O) groups excluding carboxylic acids is 1. The molecule has 7 nitrogen and oxygen atoms in total. The van der Waals surface area contributed by atoms with Crippen LogP contribution < -0.4 is 10.4 Å². The summed E-state index contributed by atoms with van der Waals surface area (Å²) in [7, 11) is -3.00. The predicted octanol–water partition coefficient (Wildman–Crippen LogP) is 6.68. The second-order valence-corrected chi connectivity index (χ2v) is 18.1. The maximum absolute atomic E-state index is 13.4. The fourth-order valence-corrected chi connectivity index (χ4v) is 11.4. The molecule has 0 aromatic heterocycles. The van der Waals surface area contributed by atoms with Gasteiger partial charge < -0.3 is 28.5 Å². The number of aliphatic hydroxyl groups is 1. The Morgan fingerprint density at radius 2 is 1.06 bits per heavy atom. The Morgan fingerprint density at radius 3 is 1.53 bits per heavy atom. The number of ether oxygens (including phenoxy) is 4. The number of esters is 1. The molecular weight excluding hydrogens is 657 g/mol. The van der Waals surface area contributed by atoms with Gasteiger partial charge in [0, 0.05) is 0 Å². The Balaban J connectivity index is 1.38. The molecule has 264 valence electrons. The second-order valence-electron chi connectivity index (χ2n) is 13.8. The Kier molecular flexibility index (Phi) is 11.9. The van der Waals surface area contributed by atoms with E-state index < -0.39 is 45.0 Å². The van der Waals surface area contributed by atoms with E-state index in [0.29, 0.717) is 5.56 Å². The maximum atomic E-state index is 13.4. The van der Waals surface area contributed by atoms with Gasteiger partial charge in [-0.05, 0) is 38.7 Å². The zero-order valence-corrected chi connectivity index (χ0v) is 30.3. The number of rotatable bonds is 13. The largest absolute Gasteiger partial charge is 0.450 e. The third kappa shape index (κ3) is 8.56. The van der Waals surface area contributed by atoms with Crippen molar-refractivity contribution in [1.82, 2.24) is 0 Å². The molecule has 5 aromatic rings. The molecule has 5 aromatic carbocycles. The van der Waals surface area contributed by atoms with Gasteiger partial charge in [-0.15, -0.1) is 0 Å².